The normalized spacial score (nSPS) is 12.6. The van der Waals surface area contributed by atoms with Crippen molar-refractivity contribution in [1.29, 1.82) is 0 Å². The molecule has 1 heterocycles. The maximum absolute atomic E-state index is 12.7. The summed E-state index contributed by atoms with van der Waals surface area (Å²) in [5.41, 5.74) is 2.04. The highest BCUT2D eigenvalue weighted by molar-refractivity contribution is 5.63. The van der Waals surface area contributed by atoms with Gasteiger partial charge in [-0.1, -0.05) is 31.2 Å². The summed E-state index contributed by atoms with van der Waals surface area (Å²) in [6, 6.07) is 12.1. The van der Waals surface area contributed by atoms with Gasteiger partial charge in [-0.3, -0.25) is 5.10 Å². The summed E-state index contributed by atoms with van der Waals surface area (Å²) in [5, 5.41) is 6.77. The van der Waals surface area contributed by atoms with Crippen molar-refractivity contribution >= 4 is 6.29 Å². The molecule has 1 N–H and O–H groups in total. The Balaban J connectivity index is 1.75. The summed E-state index contributed by atoms with van der Waals surface area (Å²) in [7, 11) is 0. The second kappa shape index (κ2) is 7.65. The fourth-order valence-electron chi connectivity index (χ4n) is 2.62. The number of carbonyl (C=O) groups is 1. The molecule has 7 heteroatoms. The number of carbonyl (C=O) groups excluding carboxylic acids is 1. The van der Waals surface area contributed by atoms with Crippen LogP contribution in [0.1, 0.15) is 29.5 Å². The van der Waals surface area contributed by atoms with Crippen molar-refractivity contribution in [1.82, 2.24) is 10.2 Å². The van der Waals surface area contributed by atoms with Gasteiger partial charge in [0, 0.05) is 11.5 Å². The Hall–Kier alpha value is -3.09. The molecule has 140 valence electrons. The van der Waals surface area contributed by atoms with Crippen LogP contribution in [0.15, 0.2) is 54.7 Å². The molecule has 0 aliphatic rings. The topological polar surface area (TPSA) is 55.0 Å². The Kier molecular flexibility index (Phi) is 5.30. The number of hydrogen-bond acceptors (Lipinski definition) is 3. The summed E-state index contributed by atoms with van der Waals surface area (Å²) >= 11 is 0. The molecule has 0 aliphatic carbocycles. The number of nitrogens with one attached hydrogen (secondary N) is 1. The largest absolute Gasteiger partial charge is 0.489 e. The van der Waals surface area contributed by atoms with Crippen LogP contribution in [0.2, 0.25) is 0 Å². The van der Waals surface area contributed by atoms with Crippen molar-refractivity contribution in [3.8, 4) is 17.0 Å². The number of hydrogen-bond donors (Lipinski definition) is 1. The van der Waals surface area contributed by atoms with Crippen LogP contribution in [0.4, 0.5) is 13.2 Å². The zero-order chi connectivity index (χ0) is 19.4. The monoisotopic (exact) mass is 374 g/mol. The minimum atomic E-state index is -4.37. The SMILES string of the molecule is CC(C=O)c1cccc(OCc2cn[nH]c2-c2ccc(C(F)(F)F)cc2)c1. The van der Waals surface area contributed by atoms with Crippen LogP contribution in [0.3, 0.4) is 0 Å². The van der Waals surface area contributed by atoms with Gasteiger partial charge in [-0.2, -0.15) is 18.3 Å². The molecule has 3 aromatic rings. The first-order chi connectivity index (χ1) is 12.9. The quantitative estimate of drug-likeness (QED) is 0.620. The Morgan fingerprint density at radius 3 is 2.59 bits per heavy atom. The van der Waals surface area contributed by atoms with Gasteiger partial charge in [0.1, 0.15) is 18.6 Å². The van der Waals surface area contributed by atoms with Gasteiger partial charge in [-0.25, -0.2) is 0 Å². The molecule has 4 nitrogen and oxygen atoms in total. The molecule has 1 aromatic heterocycles. The molecule has 2 aromatic carbocycles. The van der Waals surface area contributed by atoms with Gasteiger partial charge < -0.3 is 9.53 Å². The maximum Gasteiger partial charge on any atom is 0.416 e. The van der Waals surface area contributed by atoms with Crippen LogP contribution >= 0.6 is 0 Å². The molecule has 3 rings (SSSR count). The molecule has 0 radical (unpaired) electrons. The lowest BCUT2D eigenvalue weighted by Gasteiger charge is -2.10. The second-order valence-electron chi connectivity index (χ2n) is 6.13. The first-order valence-electron chi connectivity index (χ1n) is 8.26. The lowest BCUT2D eigenvalue weighted by Crippen LogP contribution is -2.04. The van der Waals surface area contributed by atoms with Gasteiger partial charge >= 0.3 is 6.18 Å². The van der Waals surface area contributed by atoms with Crippen molar-refractivity contribution in [2.24, 2.45) is 0 Å². The second-order valence-corrected chi connectivity index (χ2v) is 6.13. The molecule has 0 fully saturated rings. The van der Waals surface area contributed by atoms with E-state index in [1.165, 1.54) is 12.1 Å². The molecule has 0 bridgehead atoms. The van der Waals surface area contributed by atoms with E-state index < -0.39 is 11.7 Å². The predicted octanol–water partition coefficient (Wildman–Crippen LogP) is 4.98. The van der Waals surface area contributed by atoms with E-state index in [4.69, 9.17) is 4.74 Å². The number of alkyl halides is 3. The summed E-state index contributed by atoms with van der Waals surface area (Å²) in [5.74, 6) is 0.367. The minimum Gasteiger partial charge on any atom is -0.489 e. The first-order valence-corrected chi connectivity index (χ1v) is 8.26. The number of aldehydes is 1. The molecular weight excluding hydrogens is 357 g/mol. The molecule has 0 saturated carbocycles. The molecule has 0 saturated heterocycles. The average molecular weight is 374 g/mol. The van der Waals surface area contributed by atoms with E-state index in [0.717, 1.165) is 24.0 Å². The van der Waals surface area contributed by atoms with Crippen LogP contribution in [0.5, 0.6) is 5.75 Å². The van der Waals surface area contributed by atoms with Gasteiger partial charge in [-0.15, -0.1) is 0 Å². The van der Waals surface area contributed by atoms with E-state index in [2.05, 4.69) is 10.2 Å². The van der Waals surface area contributed by atoms with Crippen molar-refractivity contribution in [3.63, 3.8) is 0 Å². The average Bonchev–Trinajstić information content (AvgIpc) is 3.14. The van der Waals surface area contributed by atoms with Gasteiger partial charge in [0.05, 0.1) is 17.5 Å². The fraction of sp³-hybridized carbons (Fsp3) is 0.200. The smallest absolute Gasteiger partial charge is 0.416 e. The van der Waals surface area contributed by atoms with Gasteiger partial charge in [0.25, 0.3) is 0 Å². The zero-order valence-corrected chi connectivity index (χ0v) is 14.5. The summed E-state index contributed by atoms with van der Waals surface area (Å²) < 4.78 is 43.9. The Morgan fingerprint density at radius 1 is 1.19 bits per heavy atom. The van der Waals surface area contributed by atoms with Crippen LogP contribution in [-0.4, -0.2) is 16.5 Å². The van der Waals surface area contributed by atoms with E-state index in [0.29, 0.717) is 22.6 Å². The summed E-state index contributed by atoms with van der Waals surface area (Å²) in [6.45, 7) is 1.98. The maximum atomic E-state index is 12.7. The lowest BCUT2D eigenvalue weighted by atomic mass is 10.0. The summed E-state index contributed by atoms with van der Waals surface area (Å²) in [4.78, 5) is 10.9. The van der Waals surface area contributed by atoms with Crippen molar-refractivity contribution < 1.29 is 22.7 Å². The van der Waals surface area contributed by atoms with Crippen LogP contribution < -0.4 is 4.74 Å². The van der Waals surface area contributed by atoms with E-state index in [-0.39, 0.29) is 12.5 Å². The van der Waals surface area contributed by atoms with Crippen LogP contribution in [0, 0.1) is 0 Å². The molecule has 0 spiro atoms. The first kappa shape index (κ1) is 18.7. The Bertz CT molecular complexity index is 917. The van der Waals surface area contributed by atoms with Gasteiger partial charge in [0.2, 0.25) is 0 Å². The van der Waals surface area contributed by atoms with Gasteiger partial charge in [0.15, 0.2) is 0 Å². The summed E-state index contributed by atoms with van der Waals surface area (Å²) in [6.07, 6.45) is -1.94. The lowest BCUT2D eigenvalue weighted by molar-refractivity contribution is -0.137. The standard InChI is InChI=1S/C20H17F3N2O2/c1-13(11-26)15-3-2-4-18(9-15)27-12-16-10-24-25-19(16)14-5-7-17(8-6-14)20(21,22)23/h2-11,13H,12H2,1H3,(H,24,25). The third kappa shape index (κ3) is 4.36. The molecular formula is C20H17F3N2O2. The predicted molar refractivity (Wildman–Crippen MR) is 94.3 cm³/mol. The number of H-pyrrole nitrogens is 1. The minimum absolute atomic E-state index is 0.186. The van der Waals surface area contributed by atoms with E-state index in [9.17, 15) is 18.0 Å². The van der Waals surface area contributed by atoms with Crippen molar-refractivity contribution in [3.05, 3.63) is 71.4 Å². The van der Waals surface area contributed by atoms with E-state index >= 15 is 0 Å². The Labute approximate surface area is 154 Å². The molecule has 0 amide bonds. The van der Waals surface area contributed by atoms with Gasteiger partial charge in [-0.05, 0) is 35.4 Å². The highest BCUT2D eigenvalue weighted by Crippen LogP contribution is 2.31. The third-order valence-corrected chi connectivity index (χ3v) is 4.20. The Morgan fingerprint density at radius 2 is 1.93 bits per heavy atom. The van der Waals surface area contributed by atoms with Crippen LogP contribution in [0.25, 0.3) is 11.3 Å². The number of nitrogens with zero attached hydrogens (tertiary/aromatic N) is 1. The fourth-order valence-corrected chi connectivity index (χ4v) is 2.62. The number of aromatic nitrogens is 2. The van der Waals surface area contributed by atoms with E-state index in [1.807, 2.05) is 6.07 Å². The molecule has 1 atom stereocenters. The van der Waals surface area contributed by atoms with Crippen LogP contribution in [-0.2, 0) is 17.6 Å². The molecule has 1 unspecified atom stereocenters. The van der Waals surface area contributed by atoms with E-state index in [1.54, 1.807) is 31.3 Å². The number of benzene rings is 2. The molecule has 27 heavy (non-hydrogen) atoms. The number of rotatable bonds is 6. The van der Waals surface area contributed by atoms with Crippen molar-refractivity contribution in [2.75, 3.05) is 0 Å². The van der Waals surface area contributed by atoms with Crippen molar-refractivity contribution in [2.45, 2.75) is 25.6 Å². The highest BCUT2D eigenvalue weighted by atomic mass is 19.4. The molecule has 0 aliphatic heterocycles. The third-order valence-electron chi connectivity index (χ3n) is 4.20. The number of aromatic amines is 1. The number of halogens is 3. The zero-order valence-electron chi connectivity index (χ0n) is 14.5. The highest BCUT2D eigenvalue weighted by Gasteiger charge is 2.30. The number of ether oxygens (including phenoxy) is 1.